The minimum atomic E-state index is -0.556. The van der Waals surface area contributed by atoms with Gasteiger partial charge in [-0.3, -0.25) is 10.1 Å². The van der Waals surface area contributed by atoms with Crippen molar-refractivity contribution in [3.05, 3.63) is 51.8 Å². The monoisotopic (exact) mass is 262 g/mol. The average molecular weight is 262 g/mol. The number of nitrogens with zero attached hydrogens (tertiary/aromatic N) is 2. The number of hydrogen-bond donors (Lipinski definition) is 2. The van der Waals surface area contributed by atoms with Crippen LogP contribution in [0.3, 0.4) is 0 Å². The Kier molecular flexibility index (Phi) is 3.28. The fourth-order valence-corrected chi connectivity index (χ4v) is 1.58. The standard InChI is InChI=1S/C12H11FN4O2/c1-7-4-8(2-3-10(7)13)15-12-6-9(17(18)19)5-11(14)16-12/h2-6H,1H3,(H3,14,15,16). The molecule has 0 aliphatic carbocycles. The smallest absolute Gasteiger partial charge is 0.276 e. The van der Waals surface area contributed by atoms with Gasteiger partial charge in [0, 0.05) is 5.69 Å². The Morgan fingerprint density at radius 2 is 2.11 bits per heavy atom. The van der Waals surface area contributed by atoms with Gasteiger partial charge in [-0.15, -0.1) is 0 Å². The minimum Gasteiger partial charge on any atom is -0.383 e. The highest BCUT2D eigenvalue weighted by Crippen LogP contribution is 2.23. The normalized spacial score (nSPS) is 10.2. The number of benzene rings is 1. The molecule has 0 unspecified atom stereocenters. The molecular weight excluding hydrogens is 251 g/mol. The van der Waals surface area contributed by atoms with E-state index in [9.17, 15) is 14.5 Å². The van der Waals surface area contributed by atoms with Crippen LogP contribution in [0.5, 0.6) is 0 Å². The van der Waals surface area contributed by atoms with Gasteiger partial charge in [0.05, 0.1) is 17.1 Å². The SMILES string of the molecule is Cc1cc(Nc2cc([N+](=O)[O-])cc(N)n2)ccc1F. The van der Waals surface area contributed by atoms with Crippen LogP contribution in [0.2, 0.25) is 0 Å². The van der Waals surface area contributed by atoms with Crippen LogP contribution in [0.4, 0.5) is 27.4 Å². The van der Waals surface area contributed by atoms with E-state index in [4.69, 9.17) is 5.73 Å². The van der Waals surface area contributed by atoms with Gasteiger partial charge in [-0.25, -0.2) is 9.37 Å². The van der Waals surface area contributed by atoms with Crippen molar-refractivity contribution in [1.29, 1.82) is 0 Å². The molecule has 1 aromatic heterocycles. The van der Waals surface area contributed by atoms with E-state index >= 15 is 0 Å². The molecule has 0 spiro atoms. The first kappa shape index (κ1) is 12.7. The number of nitrogen functional groups attached to an aromatic ring is 1. The summed E-state index contributed by atoms with van der Waals surface area (Å²) in [5, 5.41) is 13.5. The van der Waals surface area contributed by atoms with Gasteiger partial charge in [0.15, 0.2) is 0 Å². The molecule has 2 aromatic rings. The largest absolute Gasteiger partial charge is 0.383 e. The van der Waals surface area contributed by atoms with Gasteiger partial charge >= 0.3 is 0 Å². The Balaban J connectivity index is 2.32. The molecule has 1 aromatic carbocycles. The lowest BCUT2D eigenvalue weighted by Crippen LogP contribution is -2.00. The lowest BCUT2D eigenvalue weighted by molar-refractivity contribution is -0.384. The predicted octanol–water partition coefficient (Wildman–Crippen LogP) is 2.76. The molecule has 0 saturated carbocycles. The molecule has 0 aliphatic rings. The second kappa shape index (κ2) is 4.89. The van der Waals surface area contributed by atoms with E-state index in [0.717, 1.165) is 0 Å². The summed E-state index contributed by atoms with van der Waals surface area (Å²) < 4.78 is 13.1. The fourth-order valence-electron chi connectivity index (χ4n) is 1.58. The molecular formula is C12H11FN4O2. The van der Waals surface area contributed by atoms with Crippen LogP contribution in [-0.2, 0) is 0 Å². The summed E-state index contributed by atoms with van der Waals surface area (Å²) >= 11 is 0. The Labute approximate surface area is 108 Å². The number of anilines is 3. The second-order valence-electron chi connectivity index (χ2n) is 3.98. The van der Waals surface area contributed by atoms with Crippen molar-refractivity contribution in [1.82, 2.24) is 4.98 Å². The second-order valence-corrected chi connectivity index (χ2v) is 3.98. The molecule has 3 N–H and O–H groups in total. The zero-order valence-electron chi connectivity index (χ0n) is 10.1. The lowest BCUT2D eigenvalue weighted by Gasteiger charge is -2.07. The molecule has 1 heterocycles. The van der Waals surface area contributed by atoms with Crippen LogP contribution in [0, 0.1) is 22.9 Å². The highest BCUT2D eigenvalue weighted by molar-refractivity contribution is 5.61. The van der Waals surface area contributed by atoms with E-state index in [1.807, 2.05) is 0 Å². The molecule has 6 nitrogen and oxygen atoms in total. The molecule has 0 saturated heterocycles. The van der Waals surface area contributed by atoms with Gasteiger partial charge in [-0.05, 0) is 30.7 Å². The summed E-state index contributed by atoms with van der Waals surface area (Å²) in [6, 6.07) is 6.82. The molecule has 0 radical (unpaired) electrons. The van der Waals surface area contributed by atoms with Crippen molar-refractivity contribution in [2.75, 3.05) is 11.1 Å². The highest BCUT2D eigenvalue weighted by atomic mass is 19.1. The zero-order chi connectivity index (χ0) is 14.0. The van der Waals surface area contributed by atoms with Gasteiger partial charge in [-0.2, -0.15) is 0 Å². The molecule has 98 valence electrons. The quantitative estimate of drug-likeness (QED) is 0.655. The Morgan fingerprint density at radius 3 is 2.74 bits per heavy atom. The number of nitro groups is 1. The summed E-state index contributed by atoms with van der Waals surface area (Å²) in [4.78, 5) is 14.1. The van der Waals surface area contributed by atoms with Gasteiger partial charge in [0.1, 0.15) is 17.5 Å². The maximum absolute atomic E-state index is 13.1. The van der Waals surface area contributed by atoms with Crippen LogP contribution in [0.15, 0.2) is 30.3 Å². The number of aromatic nitrogens is 1. The first-order valence-electron chi connectivity index (χ1n) is 5.41. The van der Waals surface area contributed by atoms with E-state index in [2.05, 4.69) is 10.3 Å². The van der Waals surface area contributed by atoms with Crippen molar-refractivity contribution >= 4 is 23.0 Å². The third kappa shape index (κ3) is 2.95. The van der Waals surface area contributed by atoms with Crippen molar-refractivity contribution in [3.8, 4) is 0 Å². The molecule has 19 heavy (non-hydrogen) atoms. The molecule has 0 fully saturated rings. The molecule has 2 rings (SSSR count). The molecule has 0 aliphatic heterocycles. The summed E-state index contributed by atoms with van der Waals surface area (Å²) in [5.74, 6) is -0.0506. The maximum Gasteiger partial charge on any atom is 0.276 e. The van der Waals surface area contributed by atoms with E-state index in [1.165, 1.54) is 24.3 Å². The lowest BCUT2D eigenvalue weighted by atomic mass is 10.2. The van der Waals surface area contributed by atoms with Crippen molar-refractivity contribution in [2.24, 2.45) is 0 Å². The third-order valence-corrected chi connectivity index (χ3v) is 2.47. The van der Waals surface area contributed by atoms with Gasteiger partial charge in [-0.1, -0.05) is 0 Å². The van der Waals surface area contributed by atoms with Crippen LogP contribution < -0.4 is 11.1 Å². The molecule has 0 amide bonds. The first-order valence-corrected chi connectivity index (χ1v) is 5.41. The van der Waals surface area contributed by atoms with Gasteiger partial charge in [0.2, 0.25) is 0 Å². The number of nitrogens with two attached hydrogens (primary N) is 1. The Morgan fingerprint density at radius 1 is 1.37 bits per heavy atom. The Hall–Kier alpha value is -2.70. The summed E-state index contributed by atoms with van der Waals surface area (Å²) in [6.07, 6.45) is 0. The topological polar surface area (TPSA) is 94.1 Å². The van der Waals surface area contributed by atoms with Crippen LogP contribution >= 0.6 is 0 Å². The number of hydrogen-bond acceptors (Lipinski definition) is 5. The highest BCUT2D eigenvalue weighted by Gasteiger charge is 2.10. The first-order chi connectivity index (χ1) is 8.95. The number of aryl methyl sites for hydroxylation is 1. The Bertz CT molecular complexity index is 646. The molecule has 0 atom stereocenters. The van der Waals surface area contributed by atoms with Gasteiger partial charge in [0.25, 0.3) is 5.69 Å². The van der Waals surface area contributed by atoms with Crippen LogP contribution in [-0.4, -0.2) is 9.91 Å². The van der Waals surface area contributed by atoms with E-state index in [-0.39, 0.29) is 23.1 Å². The van der Waals surface area contributed by atoms with E-state index in [0.29, 0.717) is 11.3 Å². The number of pyridine rings is 1. The fraction of sp³-hybridized carbons (Fsp3) is 0.0833. The summed E-state index contributed by atoms with van der Waals surface area (Å²) in [5.41, 5.74) is 6.37. The summed E-state index contributed by atoms with van der Waals surface area (Å²) in [6.45, 7) is 1.62. The molecule has 7 heteroatoms. The van der Waals surface area contributed by atoms with E-state index in [1.54, 1.807) is 13.0 Å². The average Bonchev–Trinajstić information content (AvgIpc) is 2.33. The minimum absolute atomic E-state index is 0.0375. The predicted molar refractivity (Wildman–Crippen MR) is 69.7 cm³/mol. The number of nitrogens with one attached hydrogen (secondary N) is 1. The van der Waals surface area contributed by atoms with Crippen LogP contribution in [0.1, 0.15) is 5.56 Å². The van der Waals surface area contributed by atoms with Gasteiger partial charge < -0.3 is 11.1 Å². The summed E-state index contributed by atoms with van der Waals surface area (Å²) in [7, 11) is 0. The maximum atomic E-state index is 13.1. The van der Waals surface area contributed by atoms with Crippen molar-refractivity contribution in [2.45, 2.75) is 6.92 Å². The van der Waals surface area contributed by atoms with Crippen molar-refractivity contribution < 1.29 is 9.31 Å². The van der Waals surface area contributed by atoms with Crippen LogP contribution in [0.25, 0.3) is 0 Å². The zero-order valence-corrected chi connectivity index (χ0v) is 10.1. The van der Waals surface area contributed by atoms with Crippen molar-refractivity contribution in [3.63, 3.8) is 0 Å². The van der Waals surface area contributed by atoms with E-state index < -0.39 is 4.92 Å². The third-order valence-electron chi connectivity index (χ3n) is 2.47. The molecule has 0 bridgehead atoms. The number of halogens is 1. The number of rotatable bonds is 3.